The highest BCUT2D eigenvalue weighted by molar-refractivity contribution is 6.09. The van der Waals surface area contributed by atoms with Crippen LogP contribution in [0.4, 0.5) is 4.79 Å². The van der Waals surface area contributed by atoms with Crippen molar-refractivity contribution in [1.29, 1.82) is 0 Å². The van der Waals surface area contributed by atoms with Gasteiger partial charge < -0.3 is 10.2 Å². The normalized spacial score (nSPS) is 32.1. The molecule has 152 valence electrons. The predicted molar refractivity (Wildman–Crippen MR) is 104 cm³/mol. The lowest BCUT2D eigenvalue weighted by atomic mass is 9.67. The molecule has 3 rings (SSSR count). The molecule has 1 N–H and O–H groups in total. The fourth-order valence-corrected chi connectivity index (χ4v) is 5.11. The molecule has 6 heteroatoms. The van der Waals surface area contributed by atoms with E-state index in [0.29, 0.717) is 18.8 Å². The number of hydrogen-bond acceptors (Lipinski definition) is 3. The van der Waals surface area contributed by atoms with Crippen molar-refractivity contribution < 1.29 is 14.4 Å². The molecular formula is C21H35N3O3. The number of carbonyl (C=O) groups excluding carboxylic acids is 3. The van der Waals surface area contributed by atoms with Gasteiger partial charge in [0.25, 0.3) is 5.91 Å². The molecule has 4 amide bonds. The van der Waals surface area contributed by atoms with Crippen LogP contribution in [0.5, 0.6) is 0 Å². The van der Waals surface area contributed by atoms with Crippen molar-refractivity contribution in [2.24, 2.45) is 11.3 Å². The van der Waals surface area contributed by atoms with Crippen LogP contribution in [0.2, 0.25) is 0 Å². The first-order valence-corrected chi connectivity index (χ1v) is 10.6. The van der Waals surface area contributed by atoms with Crippen LogP contribution in [0.3, 0.4) is 0 Å². The van der Waals surface area contributed by atoms with E-state index in [1.807, 2.05) is 4.90 Å². The fourth-order valence-electron chi connectivity index (χ4n) is 5.11. The van der Waals surface area contributed by atoms with Gasteiger partial charge in [-0.2, -0.15) is 0 Å². The Labute approximate surface area is 163 Å². The van der Waals surface area contributed by atoms with Gasteiger partial charge in [-0.15, -0.1) is 0 Å². The molecule has 1 saturated carbocycles. The Balaban J connectivity index is 1.65. The summed E-state index contributed by atoms with van der Waals surface area (Å²) in [6.45, 7) is 9.41. The zero-order valence-corrected chi connectivity index (χ0v) is 17.3. The van der Waals surface area contributed by atoms with Gasteiger partial charge in [-0.3, -0.25) is 14.5 Å². The summed E-state index contributed by atoms with van der Waals surface area (Å²) in [5, 5.41) is 2.94. The third-order valence-electron chi connectivity index (χ3n) is 7.02. The van der Waals surface area contributed by atoms with Crippen LogP contribution >= 0.6 is 0 Å². The van der Waals surface area contributed by atoms with Crippen molar-refractivity contribution in [3.8, 4) is 0 Å². The van der Waals surface area contributed by atoms with E-state index in [0.717, 1.165) is 45.1 Å². The average Bonchev–Trinajstić information content (AvgIpc) is 2.85. The molecule has 2 heterocycles. The van der Waals surface area contributed by atoms with Gasteiger partial charge in [0.05, 0.1) is 0 Å². The largest absolute Gasteiger partial charge is 0.338 e. The Kier molecular flexibility index (Phi) is 5.55. The lowest BCUT2D eigenvalue weighted by Crippen LogP contribution is -2.52. The molecule has 6 nitrogen and oxygen atoms in total. The van der Waals surface area contributed by atoms with E-state index in [-0.39, 0.29) is 29.8 Å². The number of amides is 4. The number of urea groups is 1. The molecule has 0 aromatic heterocycles. The van der Waals surface area contributed by atoms with Crippen molar-refractivity contribution in [3.63, 3.8) is 0 Å². The molecule has 3 aliphatic rings. The molecule has 0 aromatic rings. The minimum Gasteiger partial charge on any atom is -0.338 e. The lowest BCUT2D eigenvalue weighted by molar-refractivity contribution is -0.142. The van der Waals surface area contributed by atoms with Gasteiger partial charge in [-0.1, -0.05) is 27.7 Å². The molecule has 2 aliphatic heterocycles. The first kappa shape index (κ1) is 20.2. The van der Waals surface area contributed by atoms with Gasteiger partial charge in [-0.05, 0) is 62.7 Å². The summed E-state index contributed by atoms with van der Waals surface area (Å²) >= 11 is 0. The summed E-state index contributed by atoms with van der Waals surface area (Å²) < 4.78 is 0. The zero-order valence-electron chi connectivity index (χ0n) is 17.3. The van der Waals surface area contributed by atoms with Crippen LogP contribution in [0.25, 0.3) is 0 Å². The van der Waals surface area contributed by atoms with Crippen molar-refractivity contribution in [3.05, 3.63) is 0 Å². The number of piperidine rings is 1. The van der Waals surface area contributed by atoms with E-state index in [9.17, 15) is 14.4 Å². The monoisotopic (exact) mass is 377 g/mol. The summed E-state index contributed by atoms with van der Waals surface area (Å²) in [5.74, 6) is 0.269. The number of likely N-dealkylation sites (tertiary alicyclic amines) is 1. The minimum atomic E-state index is -0.787. The van der Waals surface area contributed by atoms with Gasteiger partial charge in [0, 0.05) is 12.6 Å². The molecule has 1 unspecified atom stereocenters. The van der Waals surface area contributed by atoms with Crippen LogP contribution in [-0.2, 0) is 9.59 Å². The maximum Gasteiger partial charge on any atom is 0.325 e. The topological polar surface area (TPSA) is 69.7 Å². The maximum atomic E-state index is 13.1. The number of carbonyl (C=O) groups is 3. The van der Waals surface area contributed by atoms with Crippen LogP contribution < -0.4 is 5.32 Å². The molecule has 0 bridgehead atoms. The van der Waals surface area contributed by atoms with E-state index in [2.05, 4.69) is 33.0 Å². The number of hydrogen-bond donors (Lipinski definition) is 1. The summed E-state index contributed by atoms with van der Waals surface area (Å²) in [7, 11) is 0. The second-order valence-electron chi connectivity index (χ2n) is 9.69. The number of rotatable bonds is 3. The van der Waals surface area contributed by atoms with Crippen molar-refractivity contribution in [1.82, 2.24) is 15.1 Å². The molecule has 1 atom stereocenters. The third kappa shape index (κ3) is 3.85. The summed E-state index contributed by atoms with van der Waals surface area (Å²) in [5.41, 5.74) is -0.572. The van der Waals surface area contributed by atoms with Crippen molar-refractivity contribution in [2.75, 3.05) is 13.1 Å². The number of nitrogens with one attached hydrogen (secondary N) is 1. The predicted octanol–water partition coefficient (Wildman–Crippen LogP) is 3.30. The first-order chi connectivity index (χ1) is 12.7. The van der Waals surface area contributed by atoms with Crippen LogP contribution in [0.15, 0.2) is 0 Å². The molecular weight excluding hydrogens is 342 g/mol. The highest BCUT2D eigenvalue weighted by atomic mass is 16.2. The van der Waals surface area contributed by atoms with E-state index in [4.69, 9.17) is 0 Å². The standard InChI is InChI=1S/C21H35N3O3/c1-5-16-8-6-7-13-23(16)17(25)14-24-18(26)21(22-19(24)27)11-9-15(10-12-21)20(2,3)4/h15-16H,5-14H2,1-4H3,(H,22,27). The maximum absolute atomic E-state index is 13.1. The zero-order chi connectivity index (χ0) is 19.8. The Hall–Kier alpha value is -1.59. The van der Waals surface area contributed by atoms with Crippen LogP contribution in [-0.4, -0.2) is 52.3 Å². The average molecular weight is 378 g/mol. The Morgan fingerprint density at radius 1 is 1.15 bits per heavy atom. The smallest absolute Gasteiger partial charge is 0.325 e. The van der Waals surface area contributed by atoms with E-state index in [1.165, 1.54) is 4.90 Å². The van der Waals surface area contributed by atoms with E-state index < -0.39 is 11.6 Å². The van der Waals surface area contributed by atoms with Gasteiger partial charge in [-0.25, -0.2) is 4.79 Å². The number of nitrogens with zero attached hydrogens (tertiary/aromatic N) is 2. The molecule has 1 spiro atoms. The number of imide groups is 1. The van der Waals surface area contributed by atoms with Crippen molar-refractivity contribution in [2.45, 2.75) is 90.6 Å². The molecule has 1 aliphatic carbocycles. The molecule has 3 fully saturated rings. The van der Waals surface area contributed by atoms with Crippen molar-refractivity contribution >= 4 is 17.8 Å². The second-order valence-corrected chi connectivity index (χ2v) is 9.69. The lowest BCUT2D eigenvalue weighted by Gasteiger charge is -2.40. The van der Waals surface area contributed by atoms with E-state index in [1.54, 1.807) is 0 Å². The Morgan fingerprint density at radius 2 is 1.81 bits per heavy atom. The van der Waals surface area contributed by atoms with Crippen LogP contribution in [0, 0.1) is 11.3 Å². The summed E-state index contributed by atoms with van der Waals surface area (Å²) in [4.78, 5) is 41.5. The Morgan fingerprint density at radius 3 is 2.41 bits per heavy atom. The quantitative estimate of drug-likeness (QED) is 0.767. The van der Waals surface area contributed by atoms with Gasteiger partial charge in [0.1, 0.15) is 12.1 Å². The van der Waals surface area contributed by atoms with Gasteiger partial charge >= 0.3 is 6.03 Å². The molecule has 2 saturated heterocycles. The first-order valence-electron chi connectivity index (χ1n) is 10.6. The summed E-state index contributed by atoms with van der Waals surface area (Å²) in [6.07, 6.45) is 7.29. The van der Waals surface area contributed by atoms with Gasteiger partial charge in [0.15, 0.2) is 0 Å². The summed E-state index contributed by atoms with van der Waals surface area (Å²) in [6, 6.07) is -0.157. The molecule has 0 radical (unpaired) electrons. The Bertz CT molecular complexity index is 602. The third-order valence-corrected chi connectivity index (χ3v) is 7.02. The highest BCUT2D eigenvalue weighted by Crippen LogP contribution is 2.43. The van der Waals surface area contributed by atoms with Crippen LogP contribution in [0.1, 0.15) is 79.1 Å². The fraction of sp³-hybridized carbons (Fsp3) is 0.857. The second kappa shape index (κ2) is 7.44. The highest BCUT2D eigenvalue weighted by Gasteiger charge is 2.53. The van der Waals surface area contributed by atoms with E-state index >= 15 is 0 Å². The minimum absolute atomic E-state index is 0.0922. The molecule has 0 aromatic carbocycles. The SMILES string of the molecule is CCC1CCCCN1C(=O)CN1C(=O)NC2(CCC(C(C)(C)C)CC2)C1=O. The molecule has 27 heavy (non-hydrogen) atoms. The van der Waals surface area contributed by atoms with Gasteiger partial charge in [0.2, 0.25) is 5.91 Å².